The standard InChI is InChI=1S/C18H13F2N3O2/c1-18(14-7-6-13(19)8-15(14)20)16(24)23(17(25)22-18)10-12-4-2-11(9-21)3-5-12/h2-8H,10H2,1H3,(H,22,25)/t18-/m0/s1. The highest BCUT2D eigenvalue weighted by molar-refractivity contribution is 6.07. The maximum absolute atomic E-state index is 14.1. The average Bonchev–Trinajstić information content (AvgIpc) is 2.79. The van der Waals surface area contributed by atoms with Gasteiger partial charge in [-0.15, -0.1) is 0 Å². The van der Waals surface area contributed by atoms with Gasteiger partial charge in [0.2, 0.25) is 0 Å². The zero-order valence-electron chi connectivity index (χ0n) is 13.2. The molecule has 1 N–H and O–H groups in total. The minimum absolute atomic E-state index is 0.0191. The largest absolute Gasteiger partial charge is 0.325 e. The van der Waals surface area contributed by atoms with Crippen molar-refractivity contribution >= 4 is 11.9 Å². The van der Waals surface area contributed by atoms with Crippen molar-refractivity contribution in [2.24, 2.45) is 0 Å². The first-order valence-electron chi connectivity index (χ1n) is 7.44. The fraction of sp³-hybridized carbons (Fsp3) is 0.167. The van der Waals surface area contributed by atoms with Crippen molar-refractivity contribution < 1.29 is 18.4 Å². The number of nitrogens with zero attached hydrogens (tertiary/aromatic N) is 2. The summed E-state index contributed by atoms with van der Waals surface area (Å²) in [6.07, 6.45) is 0. The van der Waals surface area contributed by atoms with Gasteiger partial charge in [-0.2, -0.15) is 5.26 Å². The average molecular weight is 341 g/mol. The van der Waals surface area contributed by atoms with Gasteiger partial charge in [-0.25, -0.2) is 13.6 Å². The molecule has 25 heavy (non-hydrogen) atoms. The van der Waals surface area contributed by atoms with Gasteiger partial charge >= 0.3 is 6.03 Å². The fourth-order valence-electron chi connectivity index (χ4n) is 2.79. The molecule has 0 aliphatic carbocycles. The number of nitriles is 1. The Kier molecular flexibility index (Phi) is 3.97. The molecule has 0 spiro atoms. The van der Waals surface area contributed by atoms with Crippen molar-refractivity contribution in [3.05, 3.63) is 70.8 Å². The second-order valence-corrected chi connectivity index (χ2v) is 5.88. The van der Waals surface area contributed by atoms with Crippen LogP contribution < -0.4 is 5.32 Å². The van der Waals surface area contributed by atoms with Crippen LogP contribution in [-0.4, -0.2) is 16.8 Å². The fourth-order valence-corrected chi connectivity index (χ4v) is 2.79. The summed E-state index contributed by atoms with van der Waals surface area (Å²) in [6, 6.07) is 10.6. The van der Waals surface area contributed by atoms with E-state index in [4.69, 9.17) is 5.26 Å². The zero-order chi connectivity index (χ0) is 18.2. The quantitative estimate of drug-likeness (QED) is 0.873. The van der Waals surface area contributed by atoms with Gasteiger partial charge in [-0.3, -0.25) is 9.69 Å². The van der Waals surface area contributed by atoms with Crippen molar-refractivity contribution in [3.63, 3.8) is 0 Å². The number of amides is 3. The predicted molar refractivity (Wildman–Crippen MR) is 83.9 cm³/mol. The second kappa shape index (κ2) is 5.98. The Hall–Kier alpha value is -3.27. The molecule has 7 heteroatoms. The van der Waals surface area contributed by atoms with Gasteiger partial charge < -0.3 is 5.32 Å². The van der Waals surface area contributed by atoms with Crippen molar-refractivity contribution in [2.45, 2.75) is 19.0 Å². The first-order chi connectivity index (χ1) is 11.8. The van der Waals surface area contributed by atoms with Crippen LogP contribution in [-0.2, 0) is 16.9 Å². The van der Waals surface area contributed by atoms with Crippen molar-refractivity contribution in [1.29, 1.82) is 5.26 Å². The monoisotopic (exact) mass is 341 g/mol. The smallest absolute Gasteiger partial charge is 0.319 e. The first-order valence-corrected chi connectivity index (χ1v) is 7.44. The molecule has 0 saturated carbocycles. The highest BCUT2D eigenvalue weighted by Gasteiger charge is 2.50. The highest BCUT2D eigenvalue weighted by atomic mass is 19.1. The van der Waals surface area contributed by atoms with Gasteiger partial charge in [0.15, 0.2) is 0 Å². The zero-order valence-corrected chi connectivity index (χ0v) is 13.2. The SMILES string of the molecule is C[C@@]1(c2ccc(F)cc2F)NC(=O)N(Cc2ccc(C#N)cc2)C1=O. The minimum Gasteiger partial charge on any atom is -0.319 e. The lowest BCUT2D eigenvalue weighted by Gasteiger charge is -2.22. The van der Waals surface area contributed by atoms with Gasteiger partial charge in [0.05, 0.1) is 18.2 Å². The third-order valence-electron chi connectivity index (χ3n) is 4.17. The van der Waals surface area contributed by atoms with Crippen LogP contribution in [0.15, 0.2) is 42.5 Å². The maximum Gasteiger partial charge on any atom is 0.325 e. The first kappa shape index (κ1) is 16.6. The summed E-state index contributed by atoms with van der Waals surface area (Å²) < 4.78 is 27.2. The van der Waals surface area contributed by atoms with Crippen molar-refractivity contribution in [3.8, 4) is 6.07 Å². The molecule has 1 aliphatic rings. The highest BCUT2D eigenvalue weighted by Crippen LogP contribution is 2.31. The number of imide groups is 1. The summed E-state index contributed by atoms with van der Waals surface area (Å²) >= 11 is 0. The third-order valence-corrected chi connectivity index (χ3v) is 4.17. The number of carbonyl (C=O) groups is 2. The van der Waals surface area contributed by atoms with Gasteiger partial charge in [0.1, 0.15) is 17.2 Å². The van der Waals surface area contributed by atoms with Crippen LogP contribution in [0.5, 0.6) is 0 Å². The Morgan fingerprint density at radius 2 is 1.84 bits per heavy atom. The molecule has 126 valence electrons. The van der Waals surface area contributed by atoms with E-state index in [2.05, 4.69) is 5.32 Å². The topological polar surface area (TPSA) is 73.2 Å². The molecule has 0 radical (unpaired) electrons. The Morgan fingerprint density at radius 3 is 2.44 bits per heavy atom. The van der Waals surface area contributed by atoms with Gasteiger partial charge in [-0.05, 0) is 30.7 Å². The van der Waals surface area contributed by atoms with Crippen molar-refractivity contribution in [2.75, 3.05) is 0 Å². The number of nitrogens with one attached hydrogen (secondary N) is 1. The van der Waals surface area contributed by atoms with Gasteiger partial charge in [0.25, 0.3) is 5.91 Å². The van der Waals surface area contributed by atoms with E-state index >= 15 is 0 Å². The lowest BCUT2D eigenvalue weighted by Crippen LogP contribution is -2.41. The number of hydrogen-bond donors (Lipinski definition) is 1. The van der Waals surface area contributed by atoms with Crippen LogP contribution in [0.25, 0.3) is 0 Å². The summed E-state index contributed by atoms with van der Waals surface area (Å²) in [5.74, 6) is -2.31. The van der Waals surface area contributed by atoms with Crippen LogP contribution in [0.3, 0.4) is 0 Å². The Morgan fingerprint density at radius 1 is 1.16 bits per heavy atom. The Balaban J connectivity index is 1.90. The molecule has 1 aliphatic heterocycles. The molecule has 5 nitrogen and oxygen atoms in total. The molecule has 0 aromatic heterocycles. The molecular weight excluding hydrogens is 328 g/mol. The summed E-state index contributed by atoms with van der Waals surface area (Å²) in [6.45, 7) is 1.36. The molecule has 2 aromatic rings. The van der Waals surface area contributed by atoms with Crippen LogP contribution in [0.1, 0.15) is 23.6 Å². The molecule has 1 saturated heterocycles. The summed E-state index contributed by atoms with van der Waals surface area (Å²) in [5.41, 5.74) is -0.610. The Bertz CT molecular complexity index is 906. The number of halogens is 2. The molecule has 1 fully saturated rings. The van der Waals surface area contributed by atoms with Crippen LogP contribution in [0.2, 0.25) is 0 Å². The van der Waals surface area contributed by atoms with E-state index in [9.17, 15) is 18.4 Å². The van der Waals surface area contributed by atoms with E-state index in [1.165, 1.54) is 6.92 Å². The van der Waals surface area contributed by atoms with Gasteiger partial charge in [-0.1, -0.05) is 18.2 Å². The molecule has 0 bridgehead atoms. The molecule has 0 unspecified atom stereocenters. The summed E-state index contributed by atoms with van der Waals surface area (Å²) in [7, 11) is 0. The predicted octanol–water partition coefficient (Wildman–Crippen LogP) is 2.80. The molecular formula is C18H13F2N3O2. The molecule has 1 atom stereocenters. The summed E-state index contributed by atoms with van der Waals surface area (Å²) in [5, 5.41) is 11.3. The molecule has 2 aromatic carbocycles. The Labute approximate surface area is 142 Å². The lowest BCUT2D eigenvalue weighted by molar-refractivity contribution is -0.131. The third kappa shape index (κ3) is 2.83. The van der Waals surface area contributed by atoms with E-state index < -0.39 is 29.1 Å². The van der Waals surface area contributed by atoms with E-state index in [0.717, 1.165) is 17.0 Å². The number of urea groups is 1. The number of rotatable bonds is 3. The van der Waals surface area contributed by atoms with E-state index in [0.29, 0.717) is 17.2 Å². The number of benzene rings is 2. The van der Waals surface area contributed by atoms with Crippen LogP contribution in [0.4, 0.5) is 13.6 Å². The molecule has 3 amide bonds. The van der Waals surface area contributed by atoms with E-state index in [1.54, 1.807) is 24.3 Å². The number of carbonyl (C=O) groups excluding carboxylic acids is 2. The van der Waals surface area contributed by atoms with Gasteiger partial charge in [0, 0.05) is 11.6 Å². The maximum atomic E-state index is 14.1. The summed E-state index contributed by atoms with van der Waals surface area (Å²) in [4.78, 5) is 25.9. The molecule has 1 heterocycles. The van der Waals surface area contributed by atoms with Crippen LogP contribution >= 0.6 is 0 Å². The van der Waals surface area contributed by atoms with E-state index in [-0.39, 0.29) is 12.1 Å². The minimum atomic E-state index is -1.61. The normalized spacial score (nSPS) is 19.7. The van der Waals surface area contributed by atoms with Crippen molar-refractivity contribution in [1.82, 2.24) is 10.2 Å². The van der Waals surface area contributed by atoms with Crippen LogP contribution in [0, 0.1) is 23.0 Å². The molecule has 3 rings (SSSR count). The number of hydrogen-bond acceptors (Lipinski definition) is 3. The second-order valence-electron chi connectivity index (χ2n) is 5.88. The lowest BCUT2D eigenvalue weighted by atomic mass is 9.91. The van der Waals surface area contributed by atoms with E-state index in [1.807, 2.05) is 6.07 Å².